The molecule has 8 nitrogen and oxygen atoms in total. The first-order valence-electron chi connectivity index (χ1n) is 9.85. The number of aryl methyl sites for hydroxylation is 1. The van der Waals surface area contributed by atoms with Crippen LogP contribution < -0.4 is 14.2 Å². The van der Waals surface area contributed by atoms with Crippen molar-refractivity contribution in [3.63, 3.8) is 0 Å². The van der Waals surface area contributed by atoms with E-state index in [1.165, 1.54) is 18.2 Å². The van der Waals surface area contributed by atoms with Gasteiger partial charge in [-0.25, -0.2) is 17.9 Å². The molecule has 1 aliphatic heterocycles. The van der Waals surface area contributed by atoms with E-state index >= 15 is 0 Å². The molecule has 0 saturated carbocycles. The van der Waals surface area contributed by atoms with E-state index in [4.69, 9.17) is 18.6 Å². The number of sulfonamides is 1. The van der Waals surface area contributed by atoms with E-state index < -0.39 is 22.0 Å². The van der Waals surface area contributed by atoms with Gasteiger partial charge in [0.05, 0.1) is 24.7 Å². The van der Waals surface area contributed by atoms with Crippen molar-refractivity contribution >= 4 is 27.0 Å². The SMILES string of the molecule is CCOC(=O)c1oc2ccc(S(=O)(=O)NC3COc4c(cccc4OC)C3)cc2c1C. The number of furan rings is 1. The molecule has 9 heteroatoms. The molecule has 1 N–H and O–H groups in total. The highest BCUT2D eigenvalue weighted by atomic mass is 32.2. The molecule has 0 saturated heterocycles. The normalized spacial score (nSPS) is 15.9. The number of para-hydroxylation sites is 1. The molecule has 0 fully saturated rings. The van der Waals surface area contributed by atoms with E-state index in [1.807, 2.05) is 12.1 Å². The summed E-state index contributed by atoms with van der Waals surface area (Å²) in [6.45, 7) is 3.81. The average Bonchev–Trinajstić information content (AvgIpc) is 3.09. The third-order valence-corrected chi connectivity index (χ3v) is 6.69. The molecule has 1 atom stereocenters. The number of rotatable bonds is 6. The number of carbonyl (C=O) groups excluding carboxylic acids is 1. The molecule has 0 bridgehead atoms. The number of esters is 1. The third kappa shape index (κ3) is 3.98. The summed E-state index contributed by atoms with van der Waals surface area (Å²) in [6, 6.07) is 9.59. The fraction of sp³-hybridized carbons (Fsp3) is 0.318. The highest BCUT2D eigenvalue weighted by Crippen LogP contribution is 2.35. The monoisotopic (exact) mass is 445 g/mol. The smallest absolute Gasteiger partial charge is 0.374 e. The summed E-state index contributed by atoms with van der Waals surface area (Å²) in [5.41, 5.74) is 1.83. The summed E-state index contributed by atoms with van der Waals surface area (Å²) >= 11 is 0. The topological polar surface area (TPSA) is 104 Å². The number of benzene rings is 2. The number of fused-ring (bicyclic) bond motifs is 2. The Labute approximate surface area is 180 Å². The predicted octanol–water partition coefficient (Wildman–Crippen LogP) is 3.21. The first kappa shape index (κ1) is 21.2. The number of methoxy groups -OCH3 is 1. The van der Waals surface area contributed by atoms with Gasteiger partial charge in [0.15, 0.2) is 11.5 Å². The van der Waals surface area contributed by atoms with Crippen molar-refractivity contribution < 1.29 is 31.8 Å². The number of carbonyl (C=O) groups is 1. The Morgan fingerprint density at radius 2 is 2.06 bits per heavy atom. The van der Waals surface area contributed by atoms with E-state index in [2.05, 4.69) is 4.72 Å². The zero-order valence-electron chi connectivity index (χ0n) is 17.4. The molecule has 4 rings (SSSR count). The molecular formula is C22H23NO7S. The molecule has 0 aliphatic carbocycles. The van der Waals surface area contributed by atoms with Crippen molar-refractivity contribution in [3.05, 3.63) is 53.3 Å². The van der Waals surface area contributed by atoms with Crippen molar-refractivity contribution in [1.82, 2.24) is 4.72 Å². The Bertz CT molecular complexity index is 1250. The van der Waals surface area contributed by atoms with Gasteiger partial charge in [-0.3, -0.25) is 0 Å². The Kier molecular flexibility index (Phi) is 5.63. The van der Waals surface area contributed by atoms with E-state index in [-0.39, 0.29) is 23.9 Å². The molecule has 2 heterocycles. The minimum Gasteiger partial charge on any atom is -0.493 e. The van der Waals surface area contributed by atoms with Gasteiger partial charge in [0.25, 0.3) is 0 Å². The first-order chi connectivity index (χ1) is 14.8. The molecular weight excluding hydrogens is 422 g/mol. The molecule has 0 spiro atoms. The highest BCUT2D eigenvalue weighted by Gasteiger charge is 2.28. The van der Waals surface area contributed by atoms with Crippen LogP contribution >= 0.6 is 0 Å². The lowest BCUT2D eigenvalue weighted by Crippen LogP contribution is -2.42. The summed E-state index contributed by atoms with van der Waals surface area (Å²) in [6.07, 6.45) is 0.478. The van der Waals surface area contributed by atoms with Gasteiger partial charge in [0.1, 0.15) is 12.2 Å². The summed E-state index contributed by atoms with van der Waals surface area (Å²) in [7, 11) is -2.26. The Hall–Kier alpha value is -3.04. The van der Waals surface area contributed by atoms with Gasteiger partial charge >= 0.3 is 5.97 Å². The van der Waals surface area contributed by atoms with E-state index in [1.54, 1.807) is 27.0 Å². The molecule has 0 radical (unpaired) electrons. The molecule has 1 unspecified atom stereocenters. The van der Waals surface area contributed by atoms with Crippen LogP contribution in [0.15, 0.2) is 45.7 Å². The lowest BCUT2D eigenvalue weighted by atomic mass is 10.0. The van der Waals surface area contributed by atoms with Gasteiger partial charge in [0, 0.05) is 10.9 Å². The zero-order chi connectivity index (χ0) is 22.2. The first-order valence-corrected chi connectivity index (χ1v) is 11.3. The maximum absolute atomic E-state index is 13.0. The number of ether oxygens (including phenoxy) is 3. The van der Waals surface area contributed by atoms with Crippen molar-refractivity contribution in [1.29, 1.82) is 0 Å². The number of nitrogens with one attached hydrogen (secondary N) is 1. The van der Waals surface area contributed by atoms with Crippen LogP contribution in [0, 0.1) is 6.92 Å². The van der Waals surface area contributed by atoms with E-state index in [0.717, 1.165) is 5.56 Å². The lowest BCUT2D eigenvalue weighted by molar-refractivity contribution is 0.0491. The van der Waals surface area contributed by atoms with Crippen LogP contribution in [0.1, 0.15) is 28.6 Å². The predicted molar refractivity (Wildman–Crippen MR) is 113 cm³/mol. The average molecular weight is 445 g/mol. The van der Waals surface area contributed by atoms with Crippen LogP contribution in [0.5, 0.6) is 11.5 Å². The van der Waals surface area contributed by atoms with Crippen LogP contribution in [0.4, 0.5) is 0 Å². The molecule has 164 valence electrons. The largest absolute Gasteiger partial charge is 0.493 e. The van der Waals surface area contributed by atoms with Crippen molar-refractivity contribution in [2.45, 2.75) is 31.2 Å². The minimum absolute atomic E-state index is 0.0746. The van der Waals surface area contributed by atoms with Crippen LogP contribution in [0.3, 0.4) is 0 Å². The van der Waals surface area contributed by atoms with Gasteiger partial charge in [0.2, 0.25) is 15.8 Å². The summed E-state index contributed by atoms with van der Waals surface area (Å²) < 4.78 is 50.4. The standard InChI is InChI=1S/C22H23NO7S/c1-4-28-22(24)20-13(2)17-11-16(8-9-18(17)30-20)31(25,26)23-15-10-14-6-5-7-19(27-3)21(14)29-12-15/h5-9,11,15,23H,4,10,12H2,1-3H3. The van der Waals surface area contributed by atoms with Crippen molar-refractivity contribution in [2.75, 3.05) is 20.3 Å². The van der Waals surface area contributed by atoms with Gasteiger partial charge < -0.3 is 18.6 Å². The van der Waals surface area contributed by atoms with Gasteiger partial charge in [-0.2, -0.15) is 0 Å². The Balaban J connectivity index is 1.59. The number of hydrogen-bond donors (Lipinski definition) is 1. The van der Waals surface area contributed by atoms with Gasteiger partial charge in [-0.05, 0) is 50.1 Å². The van der Waals surface area contributed by atoms with E-state index in [9.17, 15) is 13.2 Å². The second kappa shape index (κ2) is 8.24. The summed E-state index contributed by atoms with van der Waals surface area (Å²) in [5.74, 6) is 0.761. The summed E-state index contributed by atoms with van der Waals surface area (Å²) in [5, 5.41) is 0.543. The fourth-order valence-corrected chi connectivity index (χ4v) is 4.92. The number of hydrogen-bond acceptors (Lipinski definition) is 7. The van der Waals surface area contributed by atoms with Crippen LogP contribution in [0.2, 0.25) is 0 Å². The lowest BCUT2D eigenvalue weighted by Gasteiger charge is -2.27. The highest BCUT2D eigenvalue weighted by molar-refractivity contribution is 7.89. The second-order valence-electron chi connectivity index (χ2n) is 7.22. The molecule has 31 heavy (non-hydrogen) atoms. The molecule has 3 aromatic rings. The molecule has 0 amide bonds. The van der Waals surface area contributed by atoms with Crippen molar-refractivity contribution in [2.24, 2.45) is 0 Å². The minimum atomic E-state index is -3.83. The maximum atomic E-state index is 13.0. The summed E-state index contributed by atoms with van der Waals surface area (Å²) in [4.78, 5) is 12.1. The van der Waals surface area contributed by atoms with Crippen LogP contribution in [-0.4, -0.2) is 40.8 Å². The van der Waals surface area contributed by atoms with Crippen LogP contribution in [-0.2, 0) is 21.2 Å². The van der Waals surface area contributed by atoms with Gasteiger partial charge in [-0.15, -0.1) is 0 Å². The molecule has 2 aromatic carbocycles. The second-order valence-corrected chi connectivity index (χ2v) is 8.93. The Morgan fingerprint density at radius 1 is 1.26 bits per heavy atom. The third-order valence-electron chi connectivity index (χ3n) is 5.18. The van der Waals surface area contributed by atoms with Crippen molar-refractivity contribution in [3.8, 4) is 11.5 Å². The molecule has 1 aliphatic rings. The van der Waals surface area contributed by atoms with E-state index in [0.29, 0.717) is 34.5 Å². The quantitative estimate of drug-likeness (QED) is 0.581. The Morgan fingerprint density at radius 3 is 2.81 bits per heavy atom. The van der Waals surface area contributed by atoms with Gasteiger partial charge in [-0.1, -0.05) is 12.1 Å². The zero-order valence-corrected chi connectivity index (χ0v) is 18.2. The fourth-order valence-electron chi connectivity index (χ4n) is 3.68. The van der Waals surface area contributed by atoms with Crippen LogP contribution in [0.25, 0.3) is 11.0 Å². The molecule has 1 aromatic heterocycles. The maximum Gasteiger partial charge on any atom is 0.374 e.